The topological polar surface area (TPSA) is 69.7 Å². The zero-order chi connectivity index (χ0) is 20.1. The van der Waals surface area contributed by atoms with Crippen LogP contribution in [0.2, 0.25) is 0 Å². The van der Waals surface area contributed by atoms with E-state index in [0.717, 1.165) is 30.2 Å². The van der Waals surface area contributed by atoms with Gasteiger partial charge in [-0.05, 0) is 69.4 Å². The van der Waals surface area contributed by atoms with E-state index < -0.39 is 15.8 Å². The third-order valence-electron chi connectivity index (χ3n) is 4.82. The highest BCUT2D eigenvalue weighted by atomic mass is 32.2. The monoisotopic (exact) mass is 405 g/mol. The van der Waals surface area contributed by atoms with Crippen LogP contribution in [0.25, 0.3) is 0 Å². The average Bonchev–Trinajstić information content (AvgIpc) is 2.69. The van der Waals surface area contributed by atoms with E-state index in [-0.39, 0.29) is 29.1 Å². The van der Waals surface area contributed by atoms with E-state index in [1.807, 2.05) is 7.05 Å². The molecule has 2 aromatic carbocycles. The van der Waals surface area contributed by atoms with Gasteiger partial charge in [-0.2, -0.15) is 0 Å². The Morgan fingerprint density at radius 1 is 1.11 bits per heavy atom. The minimum absolute atomic E-state index is 0.0261. The smallest absolute Gasteiger partial charge is 0.264 e. The molecule has 0 unspecified atom stereocenters. The summed E-state index contributed by atoms with van der Waals surface area (Å²) in [5, 5.41) is 2.93. The highest BCUT2D eigenvalue weighted by molar-refractivity contribution is 7.92. The fourth-order valence-corrected chi connectivity index (χ4v) is 4.64. The van der Waals surface area contributed by atoms with Gasteiger partial charge >= 0.3 is 0 Å². The summed E-state index contributed by atoms with van der Waals surface area (Å²) in [5.41, 5.74) is 0.240. The van der Waals surface area contributed by atoms with Gasteiger partial charge in [0.1, 0.15) is 12.4 Å². The number of halogens is 1. The molecule has 150 valence electrons. The number of sulfonamides is 1. The van der Waals surface area contributed by atoms with Crippen molar-refractivity contribution in [3.8, 4) is 0 Å². The van der Waals surface area contributed by atoms with Gasteiger partial charge in [0.2, 0.25) is 5.91 Å². The second kappa shape index (κ2) is 8.70. The van der Waals surface area contributed by atoms with Gasteiger partial charge in [-0.25, -0.2) is 12.8 Å². The van der Waals surface area contributed by atoms with Crippen LogP contribution >= 0.6 is 0 Å². The zero-order valence-corrected chi connectivity index (χ0v) is 16.5. The fraction of sp³-hybridized carbons (Fsp3) is 0.350. The molecule has 0 aromatic heterocycles. The lowest BCUT2D eigenvalue weighted by Crippen LogP contribution is -2.47. The molecule has 0 saturated carbocycles. The Morgan fingerprint density at radius 2 is 1.71 bits per heavy atom. The van der Waals surface area contributed by atoms with Gasteiger partial charge in [0.05, 0.1) is 10.6 Å². The lowest BCUT2D eigenvalue weighted by molar-refractivity contribution is -0.120. The molecule has 0 radical (unpaired) electrons. The number of rotatable bonds is 6. The fourth-order valence-electron chi connectivity index (χ4n) is 3.20. The molecule has 8 heteroatoms. The normalized spacial score (nSPS) is 15.9. The van der Waals surface area contributed by atoms with Crippen LogP contribution in [-0.2, 0) is 14.8 Å². The number of anilines is 1. The number of amides is 1. The maximum Gasteiger partial charge on any atom is 0.264 e. The van der Waals surface area contributed by atoms with Gasteiger partial charge in [-0.1, -0.05) is 18.2 Å². The van der Waals surface area contributed by atoms with Crippen molar-refractivity contribution in [1.82, 2.24) is 10.2 Å². The van der Waals surface area contributed by atoms with Crippen molar-refractivity contribution < 1.29 is 17.6 Å². The van der Waals surface area contributed by atoms with Gasteiger partial charge in [-0.3, -0.25) is 9.10 Å². The molecular weight excluding hydrogens is 381 g/mol. The molecule has 1 N–H and O–H groups in total. The number of hydrogen-bond donors (Lipinski definition) is 1. The summed E-state index contributed by atoms with van der Waals surface area (Å²) in [4.78, 5) is 14.9. The minimum Gasteiger partial charge on any atom is -0.352 e. The number of carbonyl (C=O) groups is 1. The minimum atomic E-state index is -3.97. The number of piperidine rings is 1. The maximum atomic E-state index is 13.3. The summed E-state index contributed by atoms with van der Waals surface area (Å²) >= 11 is 0. The van der Waals surface area contributed by atoms with E-state index in [9.17, 15) is 17.6 Å². The zero-order valence-electron chi connectivity index (χ0n) is 15.7. The molecular formula is C20H24FN3O3S. The molecule has 1 aliphatic rings. The van der Waals surface area contributed by atoms with E-state index in [4.69, 9.17) is 0 Å². The lowest BCUT2D eigenvalue weighted by Gasteiger charge is -2.30. The van der Waals surface area contributed by atoms with E-state index in [2.05, 4.69) is 10.2 Å². The summed E-state index contributed by atoms with van der Waals surface area (Å²) in [6, 6.07) is 13.0. The second-order valence-corrected chi connectivity index (χ2v) is 8.81. The van der Waals surface area contributed by atoms with Gasteiger partial charge in [0.25, 0.3) is 10.0 Å². The molecule has 3 rings (SSSR count). The number of likely N-dealkylation sites (tertiary alicyclic amines) is 1. The summed E-state index contributed by atoms with van der Waals surface area (Å²) in [6.07, 6.45) is 1.65. The summed E-state index contributed by atoms with van der Waals surface area (Å²) in [7, 11) is -1.94. The summed E-state index contributed by atoms with van der Waals surface area (Å²) < 4.78 is 40.6. The van der Waals surface area contributed by atoms with Crippen molar-refractivity contribution >= 4 is 21.6 Å². The van der Waals surface area contributed by atoms with Crippen LogP contribution in [0.15, 0.2) is 59.5 Å². The Labute approximate surface area is 165 Å². The number of hydrogen-bond acceptors (Lipinski definition) is 4. The molecule has 6 nitrogen and oxygen atoms in total. The van der Waals surface area contributed by atoms with Crippen molar-refractivity contribution in [3.63, 3.8) is 0 Å². The van der Waals surface area contributed by atoms with E-state index >= 15 is 0 Å². The van der Waals surface area contributed by atoms with Crippen LogP contribution in [0.3, 0.4) is 0 Å². The van der Waals surface area contributed by atoms with Crippen molar-refractivity contribution in [3.05, 3.63) is 60.4 Å². The van der Waals surface area contributed by atoms with Gasteiger partial charge in [0.15, 0.2) is 0 Å². The van der Waals surface area contributed by atoms with Gasteiger partial charge in [-0.15, -0.1) is 0 Å². The van der Waals surface area contributed by atoms with Crippen LogP contribution in [0.1, 0.15) is 12.8 Å². The predicted molar refractivity (Wildman–Crippen MR) is 106 cm³/mol. The van der Waals surface area contributed by atoms with E-state index in [1.54, 1.807) is 18.2 Å². The average molecular weight is 405 g/mol. The summed E-state index contributed by atoms with van der Waals surface area (Å²) in [6.45, 7) is 1.40. The first kappa shape index (κ1) is 20.3. The van der Waals surface area contributed by atoms with Crippen LogP contribution in [0, 0.1) is 5.82 Å². The first-order valence-corrected chi connectivity index (χ1v) is 10.6. The van der Waals surface area contributed by atoms with E-state index in [0.29, 0.717) is 0 Å². The molecule has 1 amide bonds. The van der Waals surface area contributed by atoms with Crippen molar-refractivity contribution in [2.45, 2.75) is 23.8 Å². The molecule has 2 aromatic rings. The van der Waals surface area contributed by atoms with E-state index in [1.165, 1.54) is 36.4 Å². The quantitative estimate of drug-likeness (QED) is 0.800. The van der Waals surface area contributed by atoms with Crippen molar-refractivity contribution in [2.24, 2.45) is 0 Å². The SMILES string of the molecule is CN1CCC(NC(=O)CN(c2ccc(F)cc2)S(=O)(=O)c2ccccc2)CC1. The third-order valence-corrected chi connectivity index (χ3v) is 6.60. The Hall–Kier alpha value is -2.45. The van der Waals surface area contributed by atoms with Crippen LogP contribution < -0.4 is 9.62 Å². The third kappa shape index (κ3) is 4.88. The van der Waals surface area contributed by atoms with Crippen LogP contribution in [-0.4, -0.2) is 51.9 Å². The molecule has 0 spiro atoms. The molecule has 1 saturated heterocycles. The molecule has 28 heavy (non-hydrogen) atoms. The van der Waals surface area contributed by atoms with Crippen LogP contribution in [0.5, 0.6) is 0 Å². The first-order valence-electron chi connectivity index (χ1n) is 9.17. The van der Waals surface area contributed by atoms with Gasteiger partial charge in [0, 0.05) is 6.04 Å². The Morgan fingerprint density at radius 3 is 2.32 bits per heavy atom. The largest absolute Gasteiger partial charge is 0.352 e. The van der Waals surface area contributed by atoms with Crippen molar-refractivity contribution in [1.29, 1.82) is 0 Å². The summed E-state index contributed by atoms with van der Waals surface area (Å²) in [5.74, 6) is -0.852. The Bertz CT molecular complexity index is 896. The highest BCUT2D eigenvalue weighted by Gasteiger charge is 2.28. The second-order valence-electron chi connectivity index (χ2n) is 6.95. The highest BCUT2D eigenvalue weighted by Crippen LogP contribution is 2.24. The number of carbonyl (C=O) groups excluding carboxylic acids is 1. The molecule has 1 heterocycles. The lowest BCUT2D eigenvalue weighted by atomic mass is 10.1. The molecule has 0 atom stereocenters. The molecule has 1 fully saturated rings. The Balaban J connectivity index is 1.82. The standard InChI is InChI=1S/C20H24FN3O3S/c1-23-13-11-17(12-14-23)22-20(25)15-24(18-9-7-16(21)8-10-18)28(26,27)19-5-3-2-4-6-19/h2-10,17H,11-15H2,1H3,(H,22,25). The molecule has 0 aliphatic carbocycles. The number of nitrogens with one attached hydrogen (secondary N) is 1. The first-order chi connectivity index (χ1) is 13.4. The molecule has 1 aliphatic heterocycles. The van der Waals surface area contributed by atoms with Crippen LogP contribution in [0.4, 0.5) is 10.1 Å². The number of nitrogens with zero attached hydrogens (tertiary/aromatic N) is 2. The predicted octanol–water partition coefficient (Wildman–Crippen LogP) is 2.23. The van der Waals surface area contributed by atoms with Gasteiger partial charge < -0.3 is 10.2 Å². The molecule has 0 bridgehead atoms. The Kier molecular flexibility index (Phi) is 6.31. The van der Waals surface area contributed by atoms with Crippen molar-refractivity contribution in [2.75, 3.05) is 31.0 Å². The number of benzene rings is 2. The maximum absolute atomic E-state index is 13.3.